The highest BCUT2D eigenvalue weighted by atomic mass is 32.1. The summed E-state index contributed by atoms with van der Waals surface area (Å²) in [4.78, 5) is 40.5. The fraction of sp³-hybridized carbons (Fsp3) is 0.353. The molecule has 3 rings (SSSR count). The van der Waals surface area contributed by atoms with Gasteiger partial charge in [0.25, 0.3) is 11.6 Å². The number of amides is 1. The van der Waals surface area contributed by atoms with Crippen LogP contribution in [0.5, 0.6) is 0 Å². The van der Waals surface area contributed by atoms with Crippen molar-refractivity contribution in [3.8, 4) is 10.6 Å². The van der Waals surface area contributed by atoms with Gasteiger partial charge in [0.1, 0.15) is 16.1 Å². The Hall–Kier alpha value is -2.85. The Morgan fingerprint density at radius 2 is 2.26 bits per heavy atom. The summed E-state index contributed by atoms with van der Waals surface area (Å²) < 4.78 is 5.03. The molecule has 1 amide bonds. The molecule has 1 atom stereocenters. The smallest absolute Gasteiger partial charge is 0.313 e. The summed E-state index contributed by atoms with van der Waals surface area (Å²) in [6, 6.07) is 6.03. The van der Waals surface area contributed by atoms with Crippen LogP contribution in [0.1, 0.15) is 16.9 Å². The molecule has 10 heteroatoms. The zero-order valence-corrected chi connectivity index (χ0v) is 15.3. The zero-order valence-electron chi connectivity index (χ0n) is 14.5. The molecule has 9 nitrogen and oxygen atoms in total. The number of nitro groups is 1. The molecule has 1 aromatic heterocycles. The molecule has 0 radical (unpaired) electrons. The first-order valence-electron chi connectivity index (χ1n) is 8.08. The van der Waals surface area contributed by atoms with Crippen molar-refractivity contribution in [3.63, 3.8) is 0 Å². The van der Waals surface area contributed by atoms with Crippen LogP contribution < -0.4 is 0 Å². The Balaban J connectivity index is 1.79. The highest BCUT2D eigenvalue weighted by Crippen LogP contribution is 2.33. The first-order valence-corrected chi connectivity index (χ1v) is 8.96. The number of carbonyl (C=O) groups excluding carboxylic acids is 1. The number of aliphatic carboxylic acids is 1. The average molecular weight is 391 g/mol. The van der Waals surface area contributed by atoms with E-state index in [4.69, 9.17) is 4.74 Å². The topological polar surface area (TPSA) is 123 Å². The molecule has 0 spiro atoms. The van der Waals surface area contributed by atoms with Crippen molar-refractivity contribution in [1.82, 2.24) is 9.88 Å². The molecule has 1 fully saturated rings. The van der Waals surface area contributed by atoms with E-state index in [0.717, 1.165) is 0 Å². The van der Waals surface area contributed by atoms with Crippen molar-refractivity contribution in [1.29, 1.82) is 0 Å². The minimum Gasteiger partial charge on any atom is -0.481 e. The lowest BCUT2D eigenvalue weighted by atomic mass is 9.88. The fourth-order valence-electron chi connectivity index (χ4n) is 3.10. The number of thiazole rings is 1. The van der Waals surface area contributed by atoms with Crippen LogP contribution in [0, 0.1) is 15.5 Å². The highest BCUT2D eigenvalue weighted by molar-refractivity contribution is 7.13. The van der Waals surface area contributed by atoms with Gasteiger partial charge >= 0.3 is 5.97 Å². The molecule has 1 aliphatic heterocycles. The summed E-state index contributed by atoms with van der Waals surface area (Å²) in [5, 5.41) is 22.5. The van der Waals surface area contributed by atoms with Gasteiger partial charge < -0.3 is 14.7 Å². The number of non-ortho nitro benzene ring substituents is 1. The number of rotatable bonds is 6. The Labute approximate surface area is 158 Å². The number of aromatic nitrogens is 1. The maximum absolute atomic E-state index is 12.7. The van der Waals surface area contributed by atoms with E-state index in [0.29, 0.717) is 23.5 Å². The maximum atomic E-state index is 12.7. The van der Waals surface area contributed by atoms with Crippen LogP contribution in [-0.4, -0.2) is 58.6 Å². The van der Waals surface area contributed by atoms with E-state index >= 15 is 0 Å². The molecule has 1 N–H and O–H groups in total. The van der Waals surface area contributed by atoms with Gasteiger partial charge in [-0.25, -0.2) is 4.98 Å². The first kappa shape index (κ1) is 18.9. The number of benzene rings is 1. The zero-order chi connectivity index (χ0) is 19.6. The molecule has 1 saturated heterocycles. The van der Waals surface area contributed by atoms with Crippen LogP contribution in [0.25, 0.3) is 10.6 Å². The second-order valence-corrected chi connectivity index (χ2v) is 7.20. The van der Waals surface area contributed by atoms with E-state index in [1.165, 1.54) is 35.5 Å². The third-order valence-corrected chi connectivity index (χ3v) is 5.43. The van der Waals surface area contributed by atoms with E-state index in [2.05, 4.69) is 4.98 Å². The van der Waals surface area contributed by atoms with Crippen LogP contribution >= 0.6 is 11.3 Å². The maximum Gasteiger partial charge on any atom is 0.313 e. The van der Waals surface area contributed by atoms with Gasteiger partial charge in [-0.15, -0.1) is 11.3 Å². The molecule has 0 aliphatic carbocycles. The molecular formula is C17H17N3O6S. The summed E-state index contributed by atoms with van der Waals surface area (Å²) in [7, 11) is 1.43. The van der Waals surface area contributed by atoms with Gasteiger partial charge in [-0.1, -0.05) is 12.1 Å². The number of hydrogen-bond acceptors (Lipinski definition) is 7. The molecule has 2 aromatic rings. The Kier molecular flexibility index (Phi) is 5.19. The molecule has 1 aliphatic rings. The SMILES string of the molecule is COCC1(C(=O)O)CCN(C(=O)c2csc(-c3cccc([N+](=O)[O-])c3)n2)C1. The van der Waals surface area contributed by atoms with E-state index in [1.54, 1.807) is 17.5 Å². The molecule has 1 aromatic carbocycles. The molecule has 1 unspecified atom stereocenters. The van der Waals surface area contributed by atoms with E-state index < -0.39 is 16.3 Å². The van der Waals surface area contributed by atoms with Crippen molar-refractivity contribution < 1.29 is 24.4 Å². The van der Waals surface area contributed by atoms with Crippen LogP contribution in [0.15, 0.2) is 29.6 Å². The minimum absolute atomic E-state index is 0.0299. The van der Waals surface area contributed by atoms with E-state index in [9.17, 15) is 24.8 Å². The Morgan fingerprint density at radius 3 is 2.93 bits per heavy atom. The van der Waals surface area contributed by atoms with E-state index in [-0.39, 0.29) is 30.4 Å². The molecular weight excluding hydrogens is 374 g/mol. The third kappa shape index (κ3) is 3.67. The number of hydrogen-bond donors (Lipinski definition) is 1. The quantitative estimate of drug-likeness (QED) is 0.592. The van der Waals surface area contributed by atoms with Gasteiger partial charge in [0, 0.05) is 43.3 Å². The second-order valence-electron chi connectivity index (χ2n) is 6.34. The summed E-state index contributed by atoms with van der Waals surface area (Å²) in [5.41, 5.74) is -0.418. The lowest BCUT2D eigenvalue weighted by Gasteiger charge is -2.23. The Bertz CT molecular complexity index is 898. The molecule has 142 valence electrons. The normalized spacial score (nSPS) is 19.2. The standard InChI is InChI=1S/C17H17N3O6S/c1-26-10-17(16(22)23)5-6-19(9-17)15(21)13-8-27-14(18-13)11-3-2-4-12(7-11)20(24)25/h2-4,7-8H,5-6,9-10H2,1H3,(H,22,23). The van der Waals surface area contributed by atoms with E-state index in [1.807, 2.05) is 0 Å². The highest BCUT2D eigenvalue weighted by Gasteiger charge is 2.46. The Morgan fingerprint density at radius 1 is 1.48 bits per heavy atom. The number of likely N-dealkylation sites (tertiary alicyclic amines) is 1. The predicted octanol–water partition coefficient (Wildman–Crippen LogP) is 2.28. The average Bonchev–Trinajstić information content (AvgIpc) is 3.30. The van der Waals surface area contributed by atoms with Crippen molar-refractivity contribution >= 4 is 28.9 Å². The van der Waals surface area contributed by atoms with Gasteiger partial charge in [-0.05, 0) is 6.42 Å². The van der Waals surface area contributed by atoms with Gasteiger partial charge in [-0.2, -0.15) is 0 Å². The minimum atomic E-state index is -1.11. The number of carboxylic acid groups (broad SMARTS) is 1. The number of carboxylic acids is 1. The number of nitro benzene ring substituents is 1. The number of ether oxygens (including phenoxy) is 1. The summed E-state index contributed by atoms with van der Waals surface area (Å²) in [6.45, 7) is 0.388. The number of nitrogens with zero attached hydrogens (tertiary/aromatic N) is 3. The van der Waals surface area contributed by atoms with Gasteiger partial charge in [0.2, 0.25) is 0 Å². The summed E-state index contributed by atoms with van der Waals surface area (Å²) in [5.74, 6) is -1.35. The number of carbonyl (C=O) groups is 2. The van der Waals surface area contributed by atoms with Gasteiger partial charge in [0.05, 0.1) is 11.5 Å². The van der Waals surface area contributed by atoms with Gasteiger partial charge in [0.15, 0.2) is 0 Å². The summed E-state index contributed by atoms with van der Waals surface area (Å²) in [6.07, 6.45) is 0.309. The third-order valence-electron chi connectivity index (χ3n) is 4.54. The second kappa shape index (κ2) is 7.41. The van der Waals surface area contributed by atoms with Crippen molar-refractivity contribution in [3.05, 3.63) is 45.5 Å². The van der Waals surface area contributed by atoms with Crippen LogP contribution in [0.3, 0.4) is 0 Å². The van der Waals surface area contributed by atoms with Crippen LogP contribution in [0.4, 0.5) is 5.69 Å². The molecule has 27 heavy (non-hydrogen) atoms. The van der Waals surface area contributed by atoms with Crippen molar-refractivity contribution in [2.45, 2.75) is 6.42 Å². The lowest BCUT2D eigenvalue weighted by Crippen LogP contribution is -2.40. The van der Waals surface area contributed by atoms with Gasteiger partial charge in [-0.3, -0.25) is 19.7 Å². The largest absolute Gasteiger partial charge is 0.481 e. The van der Waals surface area contributed by atoms with Crippen molar-refractivity contribution in [2.75, 3.05) is 26.8 Å². The number of methoxy groups -OCH3 is 1. The lowest BCUT2D eigenvalue weighted by molar-refractivity contribution is -0.384. The fourth-order valence-corrected chi connectivity index (χ4v) is 3.89. The molecule has 0 saturated carbocycles. The monoisotopic (exact) mass is 391 g/mol. The molecule has 0 bridgehead atoms. The predicted molar refractivity (Wildman–Crippen MR) is 96.7 cm³/mol. The van der Waals surface area contributed by atoms with Crippen molar-refractivity contribution in [2.24, 2.45) is 5.41 Å². The van der Waals surface area contributed by atoms with Crippen LogP contribution in [-0.2, 0) is 9.53 Å². The first-order chi connectivity index (χ1) is 12.9. The van der Waals surface area contributed by atoms with Crippen LogP contribution in [0.2, 0.25) is 0 Å². The molecule has 2 heterocycles. The summed E-state index contributed by atoms with van der Waals surface area (Å²) >= 11 is 1.20.